The lowest BCUT2D eigenvalue weighted by Gasteiger charge is -2.17. The molecule has 206 valence electrons. The Morgan fingerprint density at radius 2 is 1.82 bits per heavy atom. The van der Waals surface area contributed by atoms with Gasteiger partial charge in [-0.1, -0.05) is 29.8 Å². The van der Waals surface area contributed by atoms with Crippen LogP contribution >= 0.6 is 11.6 Å². The third kappa shape index (κ3) is 7.08. The number of aromatic nitrogens is 2. The molecular formula is C26H24ClF3N4O4S. The summed E-state index contributed by atoms with van der Waals surface area (Å²) in [5.41, 5.74) is -0.350. The number of fused-ring (bicyclic) bond motifs is 1. The molecule has 4 rings (SSSR count). The maximum atomic E-state index is 13.5. The van der Waals surface area contributed by atoms with Crippen molar-refractivity contribution in [2.75, 3.05) is 32.0 Å². The van der Waals surface area contributed by atoms with Gasteiger partial charge < -0.3 is 14.4 Å². The second kappa shape index (κ2) is 11.6. The van der Waals surface area contributed by atoms with Crippen molar-refractivity contribution < 1.29 is 31.1 Å². The van der Waals surface area contributed by atoms with Crippen LogP contribution in [0.25, 0.3) is 10.9 Å². The van der Waals surface area contributed by atoms with Crippen LogP contribution in [0.15, 0.2) is 71.9 Å². The zero-order valence-electron chi connectivity index (χ0n) is 20.9. The fourth-order valence-corrected chi connectivity index (χ4v) is 5.00. The number of alkyl halides is 3. The smallest absolute Gasteiger partial charge is 0.417 e. The number of anilines is 1. The van der Waals surface area contributed by atoms with Crippen LogP contribution in [0.1, 0.15) is 11.1 Å². The molecular weight excluding hydrogens is 557 g/mol. The van der Waals surface area contributed by atoms with Gasteiger partial charge in [-0.05, 0) is 56.1 Å². The van der Waals surface area contributed by atoms with E-state index in [9.17, 15) is 21.6 Å². The topological polar surface area (TPSA) is 93.7 Å². The van der Waals surface area contributed by atoms with Crippen molar-refractivity contribution in [1.29, 1.82) is 0 Å². The van der Waals surface area contributed by atoms with Gasteiger partial charge >= 0.3 is 6.18 Å². The molecule has 4 aromatic rings. The highest BCUT2D eigenvalue weighted by atomic mass is 35.5. The molecule has 0 unspecified atom stereocenters. The Balaban J connectivity index is 1.64. The predicted molar refractivity (Wildman–Crippen MR) is 142 cm³/mol. The molecule has 0 bridgehead atoms. The monoisotopic (exact) mass is 580 g/mol. The summed E-state index contributed by atoms with van der Waals surface area (Å²) >= 11 is 6.24. The second-order valence-corrected chi connectivity index (χ2v) is 10.8. The summed E-state index contributed by atoms with van der Waals surface area (Å²) in [5, 5.41) is 0.861. The molecule has 0 aliphatic heterocycles. The molecule has 0 saturated carbocycles. The van der Waals surface area contributed by atoms with Crippen molar-refractivity contribution in [3.63, 3.8) is 0 Å². The van der Waals surface area contributed by atoms with Gasteiger partial charge in [0.2, 0.25) is 5.88 Å². The van der Waals surface area contributed by atoms with E-state index in [-0.39, 0.29) is 18.2 Å². The van der Waals surface area contributed by atoms with Crippen LogP contribution in [0.2, 0.25) is 5.02 Å². The summed E-state index contributed by atoms with van der Waals surface area (Å²) in [5.74, 6) is 0.314. The predicted octanol–water partition coefficient (Wildman–Crippen LogP) is 5.62. The van der Waals surface area contributed by atoms with Crippen molar-refractivity contribution in [2.45, 2.75) is 17.7 Å². The molecule has 0 spiro atoms. The van der Waals surface area contributed by atoms with Gasteiger partial charge in [0.1, 0.15) is 24.7 Å². The van der Waals surface area contributed by atoms with E-state index >= 15 is 0 Å². The number of ether oxygens (including phenoxy) is 2. The molecule has 0 fully saturated rings. The summed E-state index contributed by atoms with van der Waals surface area (Å²) in [6.45, 7) is 1.02. The maximum absolute atomic E-state index is 13.5. The van der Waals surface area contributed by atoms with Gasteiger partial charge in [-0.15, -0.1) is 0 Å². The van der Waals surface area contributed by atoms with Gasteiger partial charge in [0.25, 0.3) is 10.0 Å². The molecule has 13 heteroatoms. The molecule has 0 aliphatic rings. The molecule has 1 N–H and O–H groups in total. The van der Waals surface area contributed by atoms with Crippen molar-refractivity contribution >= 4 is 38.2 Å². The lowest BCUT2D eigenvalue weighted by Crippen LogP contribution is -2.19. The molecule has 8 nitrogen and oxygen atoms in total. The molecule has 0 amide bonds. The first-order valence-corrected chi connectivity index (χ1v) is 13.4. The number of hydrogen-bond acceptors (Lipinski definition) is 7. The molecule has 39 heavy (non-hydrogen) atoms. The lowest BCUT2D eigenvalue weighted by atomic mass is 10.2. The van der Waals surface area contributed by atoms with Crippen molar-refractivity contribution in [1.82, 2.24) is 14.9 Å². The highest BCUT2D eigenvalue weighted by molar-refractivity contribution is 7.92. The number of pyridine rings is 2. The van der Waals surface area contributed by atoms with Gasteiger partial charge in [0, 0.05) is 24.3 Å². The first kappa shape index (κ1) is 28.4. The summed E-state index contributed by atoms with van der Waals surface area (Å²) < 4.78 is 80.6. The fraction of sp³-hybridized carbons (Fsp3) is 0.231. The van der Waals surface area contributed by atoms with E-state index in [4.69, 9.17) is 21.1 Å². The number of benzene rings is 2. The number of halogens is 4. The zero-order valence-corrected chi connectivity index (χ0v) is 22.4. The number of nitrogens with zero attached hydrogens (tertiary/aromatic N) is 3. The molecule has 2 heterocycles. The minimum Gasteiger partial charge on any atom is -0.491 e. The third-order valence-electron chi connectivity index (χ3n) is 5.47. The molecule has 0 aliphatic carbocycles. The number of likely N-dealkylation sites (N-methyl/N-ethyl adjacent to an activating group) is 1. The Morgan fingerprint density at radius 3 is 2.56 bits per heavy atom. The average Bonchev–Trinajstić information content (AvgIpc) is 2.88. The van der Waals surface area contributed by atoms with E-state index in [0.29, 0.717) is 46.5 Å². The van der Waals surface area contributed by atoms with Gasteiger partial charge in [-0.25, -0.2) is 13.4 Å². The lowest BCUT2D eigenvalue weighted by molar-refractivity contribution is -0.139. The van der Waals surface area contributed by atoms with E-state index in [0.717, 1.165) is 12.1 Å². The fourth-order valence-electron chi connectivity index (χ4n) is 3.56. The van der Waals surface area contributed by atoms with Crippen LogP contribution < -0.4 is 14.2 Å². The van der Waals surface area contributed by atoms with Gasteiger partial charge in [0.05, 0.1) is 21.0 Å². The van der Waals surface area contributed by atoms with Crippen LogP contribution in [-0.4, -0.2) is 50.5 Å². The maximum Gasteiger partial charge on any atom is 0.417 e. The first-order valence-electron chi connectivity index (χ1n) is 11.6. The normalized spacial score (nSPS) is 12.1. The Hall–Kier alpha value is -3.61. The second-order valence-electron chi connectivity index (χ2n) is 8.71. The number of rotatable bonds is 10. The Labute approximate surface area is 228 Å². The summed E-state index contributed by atoms with van der Waals surface area (Å²) in [7, 11) is -0.859. The van der Waals surface area contributed by atoms with E-state index in [2.05, 4.69) is 14.7 Å². The molecule has 2 aromatic heterocycles. The van der Waals surface area contributed by atoms with Crippen molar-refractivity contribution in [2.24, 2.45) is 0 Å². The average molecular weight is 581 g/mol. The van der Waals surface area contributed by atoms with E-state index in [1.54, 1.807) is 24.3 Å². The summed E-state index contributed by atoms with van der Waals surface area (Å²) in [6, 6.07) is 11.9. The molecule has 0 saturated heterocycles. The van der Waals surface area contributed by atoms with Crippen LogP contribution in [0.4, 0.5) is 18.9 Å². The van der Waals surface area contributed by atoms with Crippen LogP contribution in [0.5, 0.6) is 11.6 Å². The van der Waals surface area contributed by atoms with E-state index < -0.39 is 26.7 Å². The van der Waals surface area contributed by atoms with Gasteiger partial charge in [0.15, 0.2) is 0 Å². The summed E-state index contributed by atoms with van der Waals surface area (Å²) in [6.07, 6.45) is -1.93. The minimum atomic E-state index is -4.88. The third-order valence-corrected chi connectivity index (χ3v) is 7.21. The van der Waals surface area contributed by atoms with Crippen LogP contribution in [0, 0.1) is 0 Å². The molecule has 2 aromatic carbocycles. The van der Waals surface area contributed by atoms with E-state index in [1.807, 2.05) is 19.0 Å². The van der Waals surface area contributed by atoms with E-state index in [1.165, 1.54) is 24.5 Å². The van der Waals surface area contributed by atoms with Gasteiger partial charge in [-0.2, -0.15) is 13.2 Å². The molecule has 0 radical (unpaired) electrons. The number of nitrogens with one attached hydrogen (secondary N) is 1. The van der Waals surface area contributed by atoms with Crippen LogP contribution in [0.3, 0.4) is 0 Å². The van der Waals surface area contributed by atoms with Crippen molar-refractivity contribution in [3.8, 4) is 11.6 Å². The summed E-state index contributed by atoms with van der Waals surface area (Å²) in [4.78, 5) is 9.40. The largest absolute Gasteiger partial charge is 0.491 e. The highest BCUT2D eigenvalue weighted by Gasteiger charge is 2.37. The number of sulfonamides is 1. The molecule has 0 atom stereocenters. The Kier molecular flexibility index (Phi) is 8.48. The standard InChI is InChI=1S/C26H24ClF3N4O4S/c1-34(2)11-12-37-23-13-17(7-8-20(23)27)16-38-25-22(14-18-15-31-10-9-21(18)32-25)33-39(35,36)24-6-4-3-5-19(24)26(28,29)30/h3-10,13-15,33H,11-12,16H2,1-2H3. The highest BCUT2D eigenvalue weighted by Crippen LogP contribution is 2.36. The van der Waals surface area contributed by atoms with Crippen LogP contribution in [-0.2, 0) is 22.8 Å². The minimum absolute atomic E-state index is 0.0569. The number of hydrogen-bond donors (Lipinski definition) is 1. The first-order chi connectivity index (χ1) is 18.4. The quantitative estimate of drug-likeness (QED) is 0.260. The SMILES string of the molecule is CN(C)CCOc1cc(COc2nc3ccncc3cc2NS(=O)(=O)c2ccccc2C(F)(F)F)ccc1Cl. The van der Waals surface area contributed by atoms with Crippen molar-refractivity contribution in [3.05, 3.63) is 83.1 Å². The Bertz CT molecular complexity index is 1580. The Morgan fingerprint density at radius 1 is 1.05 bits per heavy atom. The zero-order chi connectivity index (χ0) is 28.2. The van der Waals surface area contributed by atoms with Gasteiger partial charge in [-0.3, -0.25) is 9.71 Å².